The van der Waals surface area contributed by atoms with Crippen LogP contribution in [0.25, 0.3) is 0 Å². The number of halogens is 1. The summed E-state index contributed by atoms with van der Waals surface area (Å²) in [6, 6.07) is 12.6. The number of carbonyl (C=O) groups excluding carboxylic acids is 1. The van der Waals surface area contributed by atoms with Crippen molar-refractivity contribution in [3.63, 3.8) is 0 Å². The highest BCUT2D eigenvalue weighted by molar-refractivity contribution is 9.10. The van der Waals surface area contributed by atoms with Crippen LogP contribution in [0.4, 0.5) is 17.1 Å². The number of hydrogen-bond donors (Lipinski definition) is 1. The first-order valence-electron chi connectivity index (χ1n) is 9.21. The van der Waals surface area contributed by atoms with Crippen LogP contribution in [0.1, 0.15) is 19.8 Å². The monoisotopic (exact) mass is 447 g/mol. The third kappa shape index (κ3) is 4.44. The molecule has 8 heteroatoms. The number of benzene rings is 2. The highest BCUT2D eigenvalue weighted by Crippen LogP contribution is 2.38. The summed E-state index contributed by atoms with van der Waals surface area (Å²) in [4.78, 5) is 25.8. The number of hydrogen-bond acceptors (Lipinski definition) is 5. The van der Waals surface area contributed by atoms with E-state index in [4.69, 9.17) is 4.74 Å². The van der Waals surface area contributed by atoms with Crippen molar-refractivity contribution in [3.8, 4) is 5.75 Å². The van der Waals surface area contributed by atoms with Crippen LogP contribution < -0.4 is 15.0 Å². The number of carbonyl (C=O) groups is 1. The van der Waals surface area contributed by atoms with E-state index in [1.54, 1.807) is 25.1 Å². The molecule has 1 saturated heterocycles. The Kier molecular flexibility index (Phi) is 6.51. The van der Waals surface area contributed by atoms with Crippen molar-refractivity contribution in [2.45, 2.75) is 19.8 Å². The van der Waals surface area contributed by atoms with Gasteiger partial charge in [-0.05, 0) is 60.0 Å². The van der Waals surface area contributed by atoms with Gasteiger partial charge in [-0.2, -0.15) is 0 Å². The molecule has 1 aliphatic heterocycles. The first-order valence-corrected chi connectivity index (χ1v) is 10.0. The van der Waals surface area contributed by atoms with Crippen LogP contribution in [0.2, 0.25) is 0 Å². The zero-order valence-corrected chi connectivity index (χ0v) is 17.1. The number of nitrogens with one attached hydrogen (secondary N) is 1. The first kappa shape index (κ1) is 20.1. The normalized spacial score (nSPS) is 14.6. The van der Waals surface area contributed by atoms with Gasteiger partial charge in [0.05, 0.1) is 17.2 Å². The fraction of sp³-hybridized carbons (Fsp3) is 0.350. The molecule has 1 aliphatic rings. The van der Waals surface area contributed by atoms with E-state index >= 15 is 0 Å². The molecule has 3 rings (SSSR count). The summed E-state index contributed by atoms with van der Waals surface area (Å²) >= 11 is 3.43. The van der Waals surface area contributed by atoms with Crippen molar-refractivity contribution in [1.82, 2.24) is 0 Å². The summed E-state index contributed by atoms with van der Waals surface area (Å²) in [5.41, 5.74) is 1.27. The molecule has 2 aromatic rings. The Morgan fingerprint density at radius 2 is 1.96 bits per heavy atom. The lowest BCUT2D eigenvalue weighted by Gasteiger charge is -2.32. The summed E-state index contributed by atoms with van der Waals surface area (Å²) in [6.07, 6.45) is 1.26. The molecule has 7 nitrogen and oxygen atoms in total. The van der Waals surface area contributed by atoms with Crippen molar-refractivity contribution < 1.29 is 14.5 Å². The van der Waals surface area contributed by atoms with E-state index in [-0.39, 0.29) is 23.3 Å². The molecule has 1 heterocycles. The van der Waals surface area contributed by atoms with Gasteiger partial charge in [-0.15, -0.1) is 0 Å². The van der Waals surface area contributed by atoms with E-state index in [9.17, 15) is 14.9 Å². The SMILES string of the molecule is CCOc1cccc(N2CCC(C(=O)Nc3ccccc3Br)CC2)c1[N+](=O)[O-]. The zero-order valence-electron chi connectivity index (χ0n) is 15.6. The number of ether oxygens (including phenoxy) is 1. The fourth-order valence-corrected chi connectivity index (χ4v) is 3.79. The second-order valence-corrected chi connectivity index (χ2v) is 7.40. The summed E-state index contributed by atoms with van der Waals surface area (Å²) in [5.74, 6) is 0.125. The molecule has 148 valence electrons. The summed E-state index contributed by atoms with van der Waals surface area (Å²) in [7, 11) is 0. The Labute approximate surface area is 172 Å². The smallest absolute Gasteiger partial charge is 0.333 e. The molecule has 0 bridgehead atoms. The first-order chi connectivity index (χ1) is 13.5. The van der Waals surface area contributed by atoms with E-state index in [0.29, 0.717) is 38.2 Å². The van der Waals surface area contributed by atoms with Crippen molar-refractivity contribution >= 4 is 38.9 Å². The standard InChI is InChI=1S/C20H22BrN3O4/c1-2-28-18-9-5-8-17(19(18)24(26)27)23-12-10-14(11-13-23)20(25)22-16-7-4-3-6-15(16)21/h3-9,14H,2,10-13H2,1H3,(H,22,25). The van der Waals surface area contributed by atoms with Gasteiger partial charge in [0.15, 0.2) is 5.75 Å². The van der Waals surface area contributed by atoms with Gasteiger partial charge in [0, 0.05) is 23.5 Å². The predicted molar refractivity (Wildman–Crippen MR) is 112 cm³/mol. The molecule has 1 fully saturated rings. The Morgan fingerprint density at radius 1 is 1.25 bits per heavy atom. The van der Waals surface area contributed by atoms with Gasteiger partial charge < -0.3 is 15.0 Å². The van der Waals surface area contributed by atoms with Crippen LogP contribution >= 0.6 is 15.9 Å². The lowest BCUT2D eigenvalue weighted by atomic mass is 9.95. The molecule has 0 atom stereocenters. The van der Waals surface area contributed by atoms with Crippen molar-refractivity contribution in [2.75, 3.05) is 29.9 Å². The molecule has 2 aromatic carbocycles. The summed E-state index contributed by atoms with van der Waals surface area (Å²) < 4.78 is 6.27. The number of rotatable bonds is 6. The van der Waals surface area contributed by atoms with Gasteiger partial charge in [0.2, 0.25) is 5.91 Å². The molecule has 0 aliphatic carbocycles. The number of para-hydroxylation sites is 2. The molecule has 1 amide bonds. The van der Waals surface area contributed by atoms with Crippen LogP contribution in [0, 0.1) is 16.0 Å². The van der Waals surface area contributed by atoms with Crippen LogP contribution in [-0.4, -0.2) is 30.5 Å². The largest absolute Gasteiger partial charge is 0.487 e. The lowest BCUT2D eigenvalue weighted by molar-refractivity contribution is -0.385. The Balaban J connectivity index is 1.69. The minimum Gasteiger partial charge on any atom is -0.487 e. The quantitative estimate of drug-likeness (QED) is 0.515. The molecular formula is C20H22BrN3O4. The lowest BCUT2D eigenvalue weighted by Crippen LogP contribution is -2.38. The molecular weight excluding hydrogens is 426 g/mol. The Morgan fingerprint density at radius 3 is 2.61 bits per heavy atom. The average Bonchev–Trinajstić information content (AvgIpc) is 2.69. The van der Waals surface area contributed by atoms with Gasteiger partial charge in [-0.25, -0.2) is 0 Å². The summed E-state index contributed by atoms with van der Waals surface area (Å²) in [6.45, 7) is 3.31. The Bertz CT molecular complexity index is 866. The van der Waals surface area contributed by atoms with Crippen LogP contribution in [0.5, 0.6) is 5.75 Å². The zero-order chi connectivity index (χ0) is 20.1. The number of anilines is 2. The number of nitro groups is 1. The maximum absolute atomic E-state index is 12.6. The minimum absolute atomic E-state index is 0.0135. The van der Waals surface area contributed by atoms with Gasteiger partial charge in [-0.1, -0.05) is 18.2 Å². The van der Waals surface area contributed by atoms with Crippen LogP contribution in [0.15, 0.2) is 46.9 Å². The second kappa shape index (κ2) is 9.05. The maximum atomic E-state index is 12.6. The van der Waals surface area contributed by atoms with E-state index in [0.717, 1.165) is 10.2 Å². The molecule has 0 radical (unpaired) electrons. The molecule has 0 aromatic heterocycles. The predicted octanol–water partition coefficient (Wildman–Crippen LogP) is 4.61. The van der Waals surface area contributed by atoms with Gasteiger partial charge >= 0.3 is 5.69 Å². The van der Waals surface area contributed by atoms with Crippen LogP contribution in [0.3, 0.4) is 0 Å². The topological polar surface area (TPSA) is 84.7 Å². The number of amides is 1. The molecule has 0 saturated carbocycles. The average molecular weight is 448 g/mol. The molecule has 0 spiro atoms. The Hall–Kier alpha value is -2.61. The van der Waals surface area contributed by atoms with E-state index in [1.165, 1.54) is 0 Å². The maximum Gasteiger partial charge on any atom is 0.333 e. The van der Waals surface area contributed by atoms with Gasteiger partial charge in [0.25, 0.3) is 0 Å². The van der Waals surface area contributed by atoms with Crippen molar-refractivity contribution in [2.24, 2.45) is 5.92 Å². The third-order valence-corrected chi connectivity index (χ3v) is 5.49. The third-order valence-electron chi connectivity index (χ3n) is 4.80. The number of piperidine rings is 1. The van der Waals surface area contributed by atoms with Gasteiger partial charge in [-0.3, -0.25) is 14.9 Å². The molecule has 0 unspecified atom stereocenters. The fourth-order valence-electron chi connectivity index (χ4n) is 3.40. The summed E-state index contributed by atoms with van der Waals surface area (Å²) in [5, 5.41) is 14.6. The number of nitro benzene ring substituents is 1. The number of nitrogens with zero attached hydrogens (tertiary/aromatic N) is 2. The van der Waals surface area contributed by atoms with E-state index in [2.05, 4.69) is 21.2 Å². The van der Waals surface area contributed by atoms with Crippen molar-refractivity contribution in [1.29, 1.82) is 0 Å². The highest BCUT2D eigenvalue weighted by Gasteiger charge is 2.30. The van der Waals surface area contributed by atoms with E-state index in [1.807, 2.05) is 29.2 Å². The highest BCUT2D eigenvalue weighted by atomic mass is 79.9. The van der Waals surface area contributed by atoms with Crippen LogP contribution in [-0.2, 0) is 4.79 Å². The van der Waals surface area contributed by atoms with Gasteiger partial charge in [0.1, 0.15) is 5.69 Å². The molecule has 1 N–H and O–H groups in total. The second-order valence-electron chi connectivity index (χ2n) is 6.54. The minimum atomic E-state index is -0.397. The molecule has 28 heavy (non-hydrogen) atoms. The van der Waals surface area contributed by atoms with Crippen molar-refractivity contribution in [3.05, 3.63) is 57.1 Å². The van der Waals surface area contributed by atoms with E-state index < -0.39 is 4.92 Å².